The number of carbonyl (C=O) groups is 1. The second-order valence-electron chi connectivity index (χ2n) is 4.63. The maximum absolute atomic E-state index is 12.2. The van der Waals surface area contributed by atoms with Crippen molar-refractivity contribution >= 4 is 5.91 Å². The van der Waals surface area contributed by atoms with Crippen LogP contribution in [0.4, 0.5) is 0 Å². The smallest absolute Gasteiger partial charge is 0.253 e. The molecular weight excluding hydrogens is 240 g/mol. The Hall–Kier alpha value is -2.17. The summed E-state index contributed by atoms with van der Waals surface area (Å²) in [4.78, 5) is 16.2. The van der Waals surface area contributed by atoms with Crippen molar-refractivity contribution < 1.29 is 4.79 Å². The second kappa shape index (κ2) is 5.65. The van der Waals surface area contributed by atoms with Gasteiger partial charge in [-0.1, -0.05) is 6.92 Å². The van der Waals surface area contributed by atoms with Crippen molar-refractivity contribution in [3.05, 3.63) is 47.5 Å². The Morgan fingerprint density at radius 3 is 2.79 bits per heavy atom. The lowest BCUT2D eigenvalue weighted by Crippen LogP contribution is -2.28. The Labute approximate surface area is 112 Å². The summed E-state index contributed by atoms with van der Waals surface area (Å²) in [5.41, 5.74) is 2.57. The molecule has 0 fully saturated rings. The van der Waals surface area contributed by atoms with Crippen LogP contribution in [0.25, 0.3) is 0 Å². The number of aryl methyl sites for hydroxylation is 2. The number of nitrogens with one attached hydrogen (secondary N) is 1. The summed E-state index contributed by atoms with van der Waals surface area (Å²) in [6.45, 7) is 3.95. The van der Waals surface area contributed by atoms with Crippen LogP contribution in [0.5, 0.6) is 0 Å². The molecule has 0 unspecified atom stereocenters. The average Bonchev–Trinajstić information content (AvgIpc) is 2.82. The molecular formula is C14H18N4O. The lowest BCUT2D eigenvalue weighted by molar-refractivity contribution is 0.0935. The van der Waals surface area contributed by atoms with Crippen LogP contribution in [0.15, 0.2) is 30.9 Å². The van der Waals surface area contributed by atoms with Gasteiger partial charge in [-0.3, -0.25) is 14.5 Å². The van der Waals surface area contributed by atoms with Crippen LogP contribution in [-0.4, -0.2) is 20.7 Å². The van der Waals surface area contributed by atoms with Gasteiger partial charge in [0, 0.05) is 31.2 Å². The molecule has 19 heavy (non-hydrogen) atoms. The maximum Gasteiger partial charge on any atom is 0.253 e. The van der Waals surface area contributed by atoms with E-state index in [0.29, 0.717) is 5.56 Å². The zero-order valence-electron chi connectivity index (χ0n) is 11.4. The molecule has 0 aromatic carbocycles. The predicted octanol–water partition coefficient (Wildman–Crippen LogP) is 2.00. The maximum atomic E-state index is 12.2. The topological polar surface area (TPSA) is 59.8 Å². The van der Waals surface area contributed by atoms with Crippen LogP contribution < -0.4 is 5.32 Å². The molecule has 100 valence electrons. The van der Waals surface area contributed by atoms with Gasteiger partial charge in [-0.15, -0.1) is 0 Å². The number of amides is 1. The molecule has 0 spiro atoms. The molecule has 0 radical (unpaired) electrons. The number of rotatable bonds is 4. The van der Waals surface area contributed by atoms with E-state index in [1.165, 1.54) is 0 Å². The molecule has 2 rings (SSSR count). The summed E-state index contributed by atoms with van der Waals surface area (Å²) in [5, 5.41) is 7.14. The third kappa shape index (κ3) is 3.19. The minimum absolute atomic E-state index is 0.0262. The van der Waals surface area contributed by atoms with Crippen molar-refractivity contribution in [3.63, 3.8) is 0 Å². The van der Waals surface area contributed by atoms with E-state index in [1.54, 1.807) is 23.3 Å². The van der Waals surface area contributed by atoms with E-state index in [-0.39, 0.29) is 11.9 Å². The summed E-state index contributed by atoms with van der Waals surface area (Å²) >= 11 is 0. The van der Waals surface area contributed by atoms with Gasteiger partial charge in [0.25, 0.3) is 5.91 Å². The first-order valence-corrected chi connectivity index (χ1v) is 6.31. The monoisotopic (exact) mass is 258 g/mol. The molecule has 0 aliphatic rings. The van der Waals surface area contributed by atoms with E-state index in [9.17, 15) is 4.79 Å². The first-order valence-electron chi connectivity index (χ1n) is 6.31. The molecule has 0 saturated heterocycles. The Balaban J connectivity index is 2.12. The van der Waals surface area contributed by atoms with E-state index in [2.05, 4.69) is 15.4 Å². The van der Waals surface area contributed by atoms with E-state index in [0.717, 1.165) is 17.5 Å². The van der Waals surface area contributed by atoms with E-state index in [4.69, 9.17) is 0 Å². The van der Waals surface area contributed by atoms with Crippen LogP contribution in [0.1, 0.15) is 40.9 Å². The standard InChI is InChI=1S/C14H18N4O/c1-4-13(12-8-16-18(3)9-12)17-14(19)11-5-10(2)6-15-7-11/h5-9,13H,4H2,1-3H3,(H,17,19)/t13-/m1/s1. The average molecular weight is 258 g/mol. The van der Waals surface area contributed by atoms with Gasteiger partial charge in [0.05, 0.1) is 17.8 Å². The van der Waals surface area contributed by atoms with Gasteiger partial charge >= 0.3 is 0 Å². The first-order chi connectivity index (χ1) is 9.10. The Bertz CT molecular complexity index is 576. The molecule has 2 aromatic rings. The fourth-order valence-electron chi connectivity index (χ4n) is 1.96. The third-order valence-corrected chi connectivity index (χ3v) is 2.98. The summed E-state index contributed by atoms with van der Waals surface area (Å²) in [7, 11) is 1.86. The fourth-order valence-corrected chi connectivity index (χ4v) is 1.96. The number of carbonyl (C=O) groups excluding carboxylic acids is 1. The van der Waals surface area contributed by atoms with Crippen molar-refractivity contribution in [2.75, 3.05) is 0 Å². The highest BCUT2D eigenvalue weighted by atomic mass is 16.1. The number of nitrogens with zero attached hydrogens (tertiary/aromatic N) is 3. The van der Waals surface area contributed by atoms with Gasteiger partial charge < -0.3 is 5.32 Å². The molecule has 0 bridgehead atoms. The van der Waals surface area contributed by atoms with Crippen LogP contribution in [-0.2, 0) is 7.05 Å². The molecule has 5 nitrogen and oxygen atoms in total. The molecule has 1 amide bonds. The lowest BCUT2D eigenvalue weighted by atomic mass is 10.1. The normalized spacial score (nSPS) is 12.2. The zero-order chi connectivity index (χ0) is 13.8. The third-order valence-electron chi connectivity index (χ3n) is 2.98. The van der Waals surface area contributed by atoms with Crippen LogP contribution in [0, 0.1) is 6.92 Å². The summed E-state index contributed by atoms with van der Waals surface area (Å²) in [6, 6.07) is 1.81. The summed E-state index contributed by atoms with van der Waals surface area (Å²) < 4.78 is 1.73. The fraction of sp³-hybridized carbons (Fsp3) is 0.357. The number of hydrogen-bond acceptors (Lipinski definition) is 3. The van der Waals surface area contributed by atoms with Crippen LogP contribution in [0.2, 0.25) is 0 Å². The minimum Gasteiger partial charge on any atom is -0.345 e. The highest BCUT2D eigenvalue weighted by Gasteiger charge is 2.15. The van der Waals surface area contributed by atoms with Crippen molar-refractivity contribution in [2.24, 2.45) is 7.05 Å². The predicted molar refractivity (Wildman–Crippen MR) is 72.7 cm³/mol. The van der Waals surface area contributed by atoms with Gasteiger partial charge in [-0.05, 0) is 25.0 Å². The Morgan fingerprint density at radius 1 is 1.42 bits per heavy atom. The Morgan fingerprint density at radius 2 is 2.21 bits per heavy atom. The number of pyridine rings is 1. The van der Waals surface area contributed by atoms with E-state index in [1.807, 2.05) is 33.2 Å². The molecule has 5 heteroatoms. The van der Waals surface area contributed by atoms with Gasteiger partial charge in [-0.25, -0.2) is 0 Å². The van der Waals surface area contributed by atoms with E-state index < -0.39 is 0 Å². The van der Waals surface area contributed by atoms with Gasteiger partial charge in [-0.2, -0.15) is 5.10 Å². The molecule has 1 atom stereocenters. The molecule has 1 N–H and O–H groups in total. The first kappa shape index (κ1) is 13.3. The molecule has 0 aliphatic carbocycles. The lowest BCUT2D eigenvalue weighted by Gasteiger charge is -2.15. The van der Waals surface area contributed by atoms with Crippen LogP contribution >= 0.6 is 0 Å². The zero-order valence-corrected chi connectivity index (χ0v) is 11.4. The van der Waals surface area contributed by atoms with Crippen molar-refractivity contribution in [1.29, 1.82) is 0 Å². The number of aromatic nitrogens is 3. The molecule has 2 heterocycles. The van der Waals surface area contributed by atoms with Gasteiger partial charge in [0.2, 0.25) is 0 Å². The second-order valence-corrected chi connectivity index (χ2v) is 4.63. The quantitative estimate of drug-likeness (QED) is 0.912. The van der Waals surface area contributed by atoms with Gasteiger partial charge in [0.1, 0.15) is 0 Å². The summed E-state index contributed by atoms with van der Waals surface area (Å²) in [6.07, 6.45) is 7.83. The molecule has 0 saturated carbocycles. The number of hydrogen-bond donors (Lipinski definition) is 1. The van der Waals surface area contributed by atoms with Crippen LogP contribution in [0.3, 0.4) is 0 Å². The summed E-state index contributed by atoms with van der Waals surface area (Å²) in [5.74, 6) is -0.105. The van der Waals surface area contributed by atoms with Crippen molar-refractivity contribution in [1.82, 2.24) is 20.1 Å². The SMILES string of the molecule is CC[C@@H](NC(=O)c1cncc(C)c1)c1cnn(C)c1. The molecule has 0 aliphatic heterocycles. The largest absolute Gasteiger partial charge is 0.345 e. The molecule has 2 aromatic heterocycles. The van der Waals surface area contributed by atoms with Crippen molar-refractivity contribution in [3.8, 4) is 0 Å². The Kier molecular flexibility index (Phi) is 3.94. The highest BCUT2D eigenvalue weighted by molar-refractivity contribution is 5.94. The minimum atomic E-state index is -0.105. The van der Waals surface area contributed by atoms with E-state index >= 15 is 0 Å². The highest BCUT2D eigenvalue weighted by Crippen LogP contribution is 2.16. The van der Waals surface area contributed by atoms with Gasteiger partial charge in [0.15, 0.2) is 0 Å². The van der Waals surface area contributed by atoms with Crippen molar-refractivity contribution in [2.45, 2.75) is 26.3 Å².